The zero-order chi connectivity index (χ0) is 11.0. The molecule has 1 nitrogen and oxygen atoms in total. The third-order valence-electron chi connectivity index (χ3n) is 2.84. The fourth-order valence-corrected chi connectivity index (χ4v) is 2.48. The summed E-state index contributed by atoms with van der Waals surface area (Å²) in [4.78, 5) is 0. The summed E-state index contributed by atoms with van der Waals surface area (Å²) < 4.78 is 2.16. The van der Waals surface area contributed by atoms with Crippen molar-refractivity contribution in [3.05, 3.63) is 59.7 Å². The molecule has 0 N–H and O–H groups in total. The molecule has 1 heterocycles. The summed E-state index contributed by atoms with van der Waals surface area (Å²) in [5, 5.41) is 0. The largest absolute Gasteiger partial charge is 0.325 e. The highest BCUT2D eigenvalue weighted by Gasteiger charge is 2.12. The van der Waals surface area contributed by atoms with Crippen molar-refractivity contribution in [2.24, 2.45) is 0 Å². The highest BCUT2D eigenvalue weighted by Crippen LogP contribution is 2.38. The summed E-state index contributed by atoms with van der Waals surface area (Å²) in [6.45, 7) is 0. The maximum atomic E-state index is 2.79. The highest BCUT2D eigenvalue weighted by molar-refractivity contribution is 7.20. The molecule has 2 heteroatoms. The standard InChI is InChI=1S/C14H12NP/c16-15-13-7-3-1-5-11(13)9-10-12-6-2-4-8-14(12)15/h1-10H,16H2. The number of hydrogen-bond donors (Lipinski definition) is 0. The third-order valence-corrected chi connectivity index (χ3v) is 3.39. The van der Waals surface area contributed by atoms with Gasteiger partial charge in [0, 0.05) is 0 Å². The Morgan fingerprint density at radius 2 is 1.12 bits per heavy atom. The minimum Gasteiger partial charge on any atom is -0.325 e. The van der Waals surface area contributed by atoms with Gasteiger partial charge in [-0.15, -0.1) is 0 Å². The summed E-state index contributed by atoms with van der Waals surface area (Å²) >= 11 is 0. The first-order valence-corrected chi connectivity index (χ1v) is 5.79. The minimum atomic E-state index is 1.22. The van der Waals surface area contributed by atoms with Gasteiger partial charge in [0.05, 0.1) is 11.4 Å². The monoisotopic (exact) mass is 225 g/mol. The molecule has 1 atom stereocenters. The topological polar surface area (TPSA) is 3.24 Å². The molecular formula is C14H12NP. The first kappa shape index (κ1) is 9.62. The van der Waals surface area contributed by atoms with Crippen LogP contribution in [0.3, 0.4) is 0 Å². The number of rotatable bonds is 0. The molecule has 78 valence electrons. The van der Waals surface area contributed by atoms with Crippen molar-refractivity contribution < 1.29 is 0 Å². The number of nitrogens with zero attached hydrogens (tertiary/aromatic N) is 1. The van der Waals surface area contributed by atoms with E-state index in [9.17, 15) is 0 Å². The van der Waals surface area contributed by atoms with E-state index in [0.29, 0.717) is 0 Å². The second kappa shape index (κ2) is 3.77. The van der Waals surface area contributed by atoms with Crippen molar-refractivity contribution in [2.75, 3.05) is 4.67 Å². The molecule has 0 radical (unpaired) electrons. The van der Waals surface area contributed by atoms with E-state index in [4.69, 9.17) is 0 Å². The maximum absolute atomic E-state index is 2.79. The fraction of sp³-hybridized carbons (Fsp3) is 0. The summed E-state index contributed by atoms with van der Waals surface area (Å²) in [7, 11) is 2.79. The lowest BCUT2D eigenvalue weighted by Gasteiger charge is -2.21. The number of para-hydroxylation sites is 2. The Labute approximate surface area is 97.7 Å². The van der Waals surface area contributed by atoms with E-state index >= 15 is 0 Å². The lowest BCUT2D eigenvalue weighted by atomic mass is 10.1. The molecule has 16 heavy (non-hydrogen) atoms. The zero-order valence-electron chi connectivity index (χ0n) is 8.80. The Morgan fingerprint density at radius 3 is 1.62 bits per heavy atom. The van der Waals surface area contributed by atoms with E-state index in [1.807, 2.05) is 0 Å². The Morgan fingerprint density at radius 1 is 0.688 bits per heavy atom. The van der Waals surface area contributed by atoms with Gasteiger partial charge in [-0.05, 0) is 32.7 Å². The van der Waals surface area contributed by atoms with E-state index in [0.717, 1.165) is 0 Å². The lowest BCUT2D eigenvalue weighted by Crippen LogP contribution is -2.02. The summed E-state index contributed by atoms with van der Waals surface area (Å²) in [6, 6.07) is 16.8. The van der Waals surface area contributed by atoms with E-state index in [2.05, 4.69) is 74.7 Å². The van der Waals surface area contributed by atoms with Crippen molar-refractivity contribution in [1.82, 2.24) is 0 Å². The lowest BCUT2D eigenvalue weighted by molar-refractivity contribution is 1.42. The maximum Gasteiger partial charge on any atom is 0.0514 e. The van der Waals surface area contributed by atoms with Crippen LogP contribution in [0.4, 0.5) is 11.4 Å². The second-order valence-electron chi connectivity index (χ2n) is 3.82. The van der Waals surface area contributed by atoms with Gasteiger partial charge < -0.3 is 4.67 Å². The fourth-order valence-electron chi connectivity index (χ4n) is 2.01. The van der Waals surface area contributed by atoms with Gasteiger partial charge in [-0.3, -0.25) is 0 Å². The number of hydrogen-bond acceptors (Lipinski definition) is 1. The van der Waals surface area contributed by atoms with Crippen molar-refractivity contribution in [2.45, 2.75) is 0 Å². The van der Waals surface area contributed by atoms with Gasteiger partial charge in [0.1, 0.15) is 0 Å². The summed E-state index contributed by atoms with van der Waals surface area (Å²) in [5.41, 5.74) is 4.92. The smallest absolute Gasteiger partial charge is 0.0514 e. The predicted octanol–water partition coefficient (Wildman–Crippen LogP) is 4.10. The molecule has 0 amide bonds. The van der Waals surface area contributed by atoms with Crippen molar-refractivity contribution in [3.8, 4) is 0 Å². The van der Waals surface area contributed by atoms with E-state index in [1.54, 1.807) is 0 Å². The van der Waals surface area contributed by atoms with E-state index < -0.39 is 0 Å². The average Bonchev–Trinajstić information content (AvgIpc) is 2.49. The van der Waals surface area contributed by atoms with Gasteiger partial charge in [0.25, 0.3) is 0 Å². The molecule has 3 rings (SSSR count). The molecule has 2 aromatic carbocycles. The van der Waals surface area contributed by atoms with Gasteiger partial charge in [0.15, 0.2) is 0 Å². The van der Waals surface area contributed by atoms with Crippen LogP contribution in [0, 0.1) is 0 Å². The molecule has 0 fully saturated rings. The molecule has 0 saturated carbocycles. The highest BCUT2D eigenvalue weighted by atomic mass is 31.0. The van der Waals surface area contributed by atoms with E-state index in [1.165, 1.54) is 22.5 Å². The van der Waals surface area contributed by atoms with Crippen LogP contribution >= 0.6 is 9.39 Å². The number of benzene rings is 2. The summed E-state index contributed by atoms with van der Waals surface area (Å²) in [5.74, 6) is 0. The normalized spacial score (nSPS) is 12.9. The van der Waals surface area contributed by atoms with Gasteiger partial charge in [-0.2, -0.15) is 0 Å². The van der Waals surface area contributed by atoms with Gasteiger partial charge >= 0.3 is 0 Å². The molecule has 2 aromatic rings. The third kappa shape index (κ3) is 1.45. The molecular weight excluding hydrogens is 213 g/mol. The SMILES string of the molecule is PN1c2ccccc2C=Cc2ccccc21. The predicted molar refractivity (Wildman–Crippen MR) is 73.7 cm³/mol. The molecule has 0 spiro atoms. The van der Waals surface area contributed by atoms with Crippen LogP contribution < -0.4 is 4.67 Å². The molecule has 1 aliphatic rings. The minimum absolute atomic E-state index is 1.22. The van der Waals surface area contributed by atoms with Crippen LogP contribution in [0.2, 0.25) is 0 Å². The van der Waals surface area contributed by atoms with Crippen LogP contribution in [0.15, 0.2) is 48.5 Å². The Hall–Kier alpha value is -1.59. The van der Waals surface area contributed by atoms with Crippen LogP contribution in [0.25, 0.3) is 12.2 Å². The zero-order valence-corrected chi connectivity index (χ0v) is 9.95. The van der Waals surface area contributed by atoms with Crippen LogP contribution in [0.5, 0.6) is 0 Å². The van der Waals surface area contributed by atoms with Crippen molar-refractivity contribution >= 4 is 32.9 Å². The molecule has 0 aliphatic carbocycles. The first-order chi connectivity index (χ1) is 7.86. The molecule has 0 bridgehead atoms. The quantitative estimate of drug-likeness (QED) is 0.610. The van der Waals surface area contributed by atoms with Gasteiger partial charge in [-0.1, -0.05) is 48.6 Å². The van der Waals surface area contributed by atoms with Crippen LogP contribution in [-0.4, -0.2) is 0 Å². The number of fused-ring (bicyclic) bond motifs is 2. The molecule has 0 aromatic heterocycles. The van der Waals surface area contributed by atoms with Crippen molar-refractivity contribution in [1.29, 1.82) is 0 Å². The van der Waals surface area contributed by atoms with Gasteiger partial charge in [0.2, 0.25) is 0 Å². The number of anilines is 2. The van der Waals surface area contributed by atoms with E-state index in [-0.39, 0.29) is 0 Å². The van der Waals surface area contributed by atoms with Crippen molar-refractivity contribution in [3.63, 3.8) is 0 Å². The Kier molecular flexibility index (Phi) is 2.27. The second-order valence-corrected chi connectivity index (χ2v) is 4.34. The van der Waals surface area contributed by atoms with Gasteiger partial charge in [-0.25, -0.2) is 0 Å². The average molecular weight is 225 g/mol. The molecule has 1 unspecified atom stereocenters. The summed E-state index contributed by atoms with van der Waals surface area (Å²) in [6.07, 6.45) is 4.33. The Balaban J connectivity index is 2.26. The Bertz CT molecular complexity index is 511. The first-order valence-electron chi connectivity index (χ1n) is 5.27. The van der Waals surface area contributed by atoms with Crippen LogP contribution in [0.1, 0.15) is 11.1 Å². The molecule has 0 saturated heterocycles. The molecule has 1 aliphatic heterocycles. The van der Waals surface area contributed by atoms with Crippen LogP contribution in [-0.2, 0) is 0 Å².